The molecule has 4 nitrogen and oxygen atoms in total. The van der Waals surface area contributed by atoms with Crippen molar-refractivity contribution in [1.82, 2.24) is 0 Å². The molecule has 0 saturated carbocycles. The molecule has 6 heteroatoms. The minimum Gasteiger partial charge on any atom is -0.493 e. The van der Waals surface area contributed by atoms with Gasteiger partial charge in [-0.2, -0.15) is 0 Å². The lowest BCUT2D eigenvalue weighted by atomic mass is 10.1. The molecule has 0 atom stereocenters. The molecule has 2 N–H and O–H groups in total. The van der Waals surface area contributed by atoms with Gasteiger partial charge in [-0.25, -0.2) is 0 Å². The number of hydrogen-bond acceptors (Lipinski definition) is 3. The van der Waals surface area contributed by atoms with Crippen molar-refractivity contribution in [1.29, 1.82) is 0 Å². The summed E-state index contributed by atoms with van der Waals surface area (Å²) < 4.78 is 5.81. The van der Waals surface area contributed by atoms with Gasteiger partial charge in [0, 0.05) is 17.8 Å². The lowest BCUT2D eigenvalue weighted by Crippen LogP contribution is -2.15. The van der Waals surface area contributed by atoms with Crippen molar-refractivity contribution < 1.29 is 9.53 Å². The third-order valence-corrected chi connectivity index (χ3v) is 5.86. The van der Waals surface area contributed by atoms with Gasteiger partial charge in [-0.1, -0.05) is 77.8 Å². The summed E-state index contributed by atoms with van der Waals surface area (Å²) in [5.74, 6) is 0.636. The standard InChI is InChI=1S/C28H24Cl2N2O2/c29-24-10-6-11-25(30)28(24)32-26-12-5-4-9-21(26)19-27(33)31-22-13-15-23(16-14-22)34-18-17-20-7-2-1-3-8-20/h1-16,32H,17-19H2,(H,31,33). The molecule has 0 aliphatic rings. The number of benzene rings is 4. The molecule has 0 saturated heterocycles. The van der Waals surface area contributed by atoms with Crippen LogP contribution in [0.15, 0.2) is 97.1 Å². The van der Waals surface area contributed by atoms with Gasteiger partial charge in [0.25, 0.3) is 0 Å². The van der Waals surface area contributed by atoms with Gasteiger partial charge in [0.05, 0.1) is 28.8 Å². The molecular formula is C28H24Cl2N2O2. The normalized spacial score (nSPS) is 10.5. The first-order chi connectivity index (χ1) is 16.6. The smallest absolute Gasteiger partial charge is 0.228 e. The van der Waals surface area contributed by atoms with Crippen LogP contribution < -0.4 is 15.4 Å². The quantitative estimate of drug-likeness (QED) is 0.254. The van der Waals surface area contributed by atoms with Crippen molar-refractivity contribution >= 4 is 46.2 Å². The van der Waals surface area contributed by atoms with Crippen LogP contribution in [-0.2, 0) is 17.6 Å². The summed E-state index contributed by atoms with van der Waals surface area (Å²) in [5.41, 5.74) is 4.16. The Kier molecular flexibility index (Phi) is 8.08. The molecule has 0 unspecified atom stereocenters. The van der Waals surface area contributed by atoms with Gasteiger partial charge in [0.1, 0.15) is 5.75 Å². The van der Waals surface area contributed by atoms with Crippen LogP contribution in [0.25, 0.3) is 0 Å². The lowest BCUT2D eigenvalue weighted by molar-refractivity contribution is -0.115. The van der Waals surface area contributed by atoms with Gasteiger partial charge in [0.15, 0.2) is 0 Å². The lowest BCUT2D eigenvalue weighted by Gasteiger charge is -2.14. The molecule has 34 heavy (non-hydrogen) atoms. The summed E-state index contributed by atoms with van der Waals surface area (Å²) in [7, 11) is 0. The van der Waals surface area contributed by atoms with E-state index in [1.165, 1.54) is 5.56 Å². The van der Waals surface area contributed by atoms with E-state index in [0.29, 0.717) is 28.0 Å². The Morgan fingerprint density at radius 2 is 1.44 bits per heavy atom. The Hall–Kier alpha value is -3.47. The first-order valence-electron chi connectivity index (χ1n) is 10.9. The molecule has 0 aliphatic heterocycles. The number of rotatable bonds is 9. The van der Waals surface area contributed by atoms with Crippen molar-refractivity contribution in [2.24, 2.45) is 0 Å². The molecule has 0 bridgehead atoms. The highest BCUT2D eigenvalue weighted by Gasteiger charge is 2.11. The summed E-state index contributed by atoms with van der Waals surface area (Å²) in [4.78, 5) is 12.7. The number of carbonyl (C=O) groups is 1. The molecule has 0 spiro atoms. The van der Waals surface area contributed by atoms with Crippen LogP contribution in [0, 0.1) is 0 Å². The second-order valence-corrected chi connectivity index (χ2v) is 8.53. The number of ether oxygens (including phenoxy) is 1. The zero-order valence-electron chi connectivity index (χ0n) is 18.4. The fourth-order valence-electron chi connectivity index (χ4n) is 3.49. The Morgan fingerprint density at radius 1 is 0.765 bits per heavy atom. The summed E-state index contributed by atoms with van der Waals surface area (Å²) in [6.07, 6.45) is 1.03. The van der Waals surface area contributed by atoms with Crippen LogP contribution >= 0.6 is 23.2 Å². The molecule has 1 amide bonds. The molecule has 0 aromatic heterocycles. The topological polar surface area (TPSA) is 50.4 Å². The number of anilines is 3. The second kappa shape index (κ2) is 11.6. The summed E-state index contributed by atoms with van der Waals surface area (Å²) >= 11 is 12.6. The van der Waals surface area contributed by atoms with Gasteiger partial charge >= 0.3 is 0 Å². The summed E-state index contributed by atoms with van der Waals surface area (Å²) in [5, 5.41) is 7.22. The number of carbonyl (C=O) groups excluding carboxylic acids is 1. The monoisotopic (exact) mass is 490 g/mol. The van der Waals surface area contributed by atoms with Crippen molar-refractivity contribution in [3.8, 4) is 5.75 Å². The van der Waals surface area contributed by atoms with Crippen LogP contribution in [0.3, 0.4) is 0 Å². The van der Waals surface area contributed by atoms with Crippen molar-refractivity contribution in [3.63, 3.8) is 0 Å². The number of para-hydroxylation sites is 2. The van der Waals surface area contributed by atoms with E-state index < -0.39 is 0 Å². The van der Waals surface area contributed by atoms with E-state index in [2.05, 4.69) is 22.8 Å². The zero-order valence-corrected chi connectivity index (χ0v) is 19.9. The molecular weight excluding hydrogens is 467 g/mol. The maximum absolute atomic E-state index is 12.7. The van der Waals surface area contributed by atoms with E-state index in [1.807, 2.05) is 66.7 Å². The molecule has 0 radical (unpaired) electrons. The SMILES string of the molecule is O=C(Cc1ccccc1Nc1c(Cl)cccc1Cl)Nc1ccc(OCCc2ccccc2)cc1. The number of halogens is 2. The summed E-state index contributed by atoms with van der Waals surface area (Å²) in [6, 6.07) is 30.5. The highest BCUT2D eigenvalue weighted by Crippen LogP contribution is 2.33. The number of amides is 1. The highest BCUT2D eigenvalue weighted by atomic mass is 35.5. The van der Waals surface area contributed by atoms with Gasteiger partial charge in [-0.15, -0.1) is 0 Å². The van der Waals surface area contributed by atoms with Gasteiger partial charge in [-0.05, 0) is 53.6 Å². The average molecular weight is 491 g/mol. The van der Waals surface area contributed by atoms with Crippen LogP contribution in [0.5, 0.6) is 5.75 Å². The Labute approximate surface area is 209 Å². The molecule has 0 fully saturated rings. The van der Waals surface area contributed by atoms with Gasteiger partial charge in [-0.3, -0.25) is 4.79 Å². The third kappa shape index (κ3) is 6.53. The van der Waals surface area contributed by atoms with Gasteiger partial charge in [0.2, 0.25) is 5.91 Å². The highest BCUT2D eigenvalue weighted by molar-refractivity contribution is 6.39. The minimum absolute atomic E-state index is 0.128. The van der Waals surface area contributed by atoms with Gasteiger partial charge < -0.3 is 15.4 Å². The predicted molar refractivity (Wildman–Crippen MR) is 141 cm³/mol. The fraction of sp³-hybridized carbons (Fsp3) is 0.107. The first kappa shape index (κ1) is 23.7. The van der Waals surface area contributed by atoms with E-state index in [4.69, 9.17) is 27.9 Å². The molecule has 172 valence electrons. The molecule has 4 aromatic carbocycles. The predicted octanol–water partition coefficient (Wildman–Crippen LogP) is 7.54. The van der Waals surface area contributed by atoms with Crippen molar-refractivity contribution in [3.05, 3.63) is 118 Å². The average Bonchev–Trinajstić information content (AvgIpc) is 2.84. The fourth-order valence-corrected chi connectivity index (χ4v) is 3.98. The van der Waals surface area contributed by atoms with E-state index in [9.17, 15) is 4.79 Å². The van der Waals surface area contributed by atoms with Crippen LogP contribution in [0.2, 0.25) is 10.0 Å². The molecule has 0 aliphatic carbocycles. The third-order valence-electron chi connectivity index (χ3n) is 5.23. The van der Waals surface area contributed by atoms with Crippen LogP contribution in [0.1, 0.15) is 11.1 Å². The van der Waals surface area contributed by atoms with Crippen LogP contribution in [0.4, 0.5) is 17.1 Å². The van der Waals surface area contributed by atoms with Crippen LogP contribution in [-0.4, -0.2) is 12.5 Å². The number of hydrogen-bond donors (Lipinski definition) is 2. The Balaban J connectivity index is 1.33. The molecule has 4 aromatic rings. The van der Waals surface area contributed by atoms with E-state index >= 15 is 0 Å². The second-order valence-electron chi connectivity index (χ2n) is 7.71. The minimum atomic E-state index is -0.128. The maximum Gasteiger partial charge on any atom is 0.228 e. The largest absolute Gasteiger partial charge is 0.493 e. The van der Waals surface area contributed by atoms with E-state index in [1.54, 1.807) is 18.2 Å². The van der Waals surface area contributed by atoms with Crippen molar-refractivity contribution in [2.45, 2.75) is 12.8 Å². The van der Waals surface area contributed by atoms with Crippen molar-refractivity contribution in [2.75, 3.05) is 17.2 Å². The first-order valence-corrected chi connectivity index (χ1v) is 11.7. The van der Waals surface area contributed by atoms with E-state index in [-0.39, 0.29) is 12.3 Å². The molecule has 0 heterocycles. The summed E-state index contributed by atoms with van der Waals surface area (Å²) in [6.45, 7) is 0.592. The van der Waals surface area contributed by atoms with E-state index in [0.717, 1.165) is 23.4 Å². The maximum atomic E-state index is 12.7. The Morgan fingerprint density at radius 3 is 2.18 bits per heavy atom. The molecule has 4 rings (SSSR count). The Bertz CT molecular complexity index is 1220. The zero-order chi connectivity index (χ0) is 23.8. The number of nitrogens with one attached hydrogen (secondary N) is 2.